The van der Waals surface area contributed by atoms with E-state index in [0.717, 1.165) is 5.76 Å². The second kappa shape index (κ2) is 2.77. The summed E-state index contributed by atoms with van der Waals surface area (Å²) in [6.07, 6.45) is 3.73. The van der Waals surface area contributed by atoms with Gasteiger partial charge in [0.2, 0.25) is 0 Å². The Balaban J connectivity index is 2.95. The van der Waals surface area contributed by atoms with E-state index in [-0.39, 0.29) is 11.4 Å². The average Bonchev–Trinajstić information content (AvgIpc) is 1.83. The number of Topliss-reactive ketones (excluding diaryl/α,β-unsaturated/α-hetero) is 1. The topological polar surface area (TPSA) is 26.3 Å². The minimum absolute atomic E-state index is 0.0549. The van der Waals surface area contributed by atoms with Crippen LogP contribution in [0.2, 0.25) is 0 Å². The number of carbonyl (C=O) groups excluding carboxylic acids is 1. The standard InChI is InChI=1S/C10H14O2/c1-7(11)9-5-6-10(3,4)12-8(9)2/h5-6H,1-4H3. The molecule has 0 aromatic carbocycles. The fourth-order valence-corrected chi connectivity index (χ4v) is 1.25. The lowest BCUT2D eigenvalue weighted by Crippen LogP contribution is -2.24. The van der Waals surface area contributed by atoms with Crippen LogP contribution in [0.25, 0.3) is 0 Å². The number of hydrogen-bond donors (Lipinski definition) is 0. The Bertz CT molecular complexity index is 270. The van der Waals surface area contributed by atoms with E-state index < -0.39 is 0 Å². The van der Waals surface area contributed by atoms with Gasteiger partial charge in [-0.25, -0.2) is 0 Å². The van der Waals surface area contributed by atoms with Crippen molar-refractivity contribution in [1.29, 1.82) is 0 Å². The molecule has 0 N–H and O–H groups in total. The lowest BCUT2D eigenvalue weighted by atomic mass is 10.0. The highest BCUT2D eigenvalue weighted by Crippen LogP contribution is 2.24. The number of ether oxygens (including phenoxy) is 1. The minimum atomic E-state index is -0.275. The maximum Gasteiger partial charge on any atom is 0.163 e. The molecule has 1 aliphatic rings. The molecule has 0 aromatic rings. The molecule has 0 unspecified atom stereocenters. The van der Waals surface area contributed by atoms with Crippen molar-refractivity contribution in [2.45, 2.75) is 33.3 Å². The molecule has 2 nitrogen and oxygen atoms in total. The van der Waals surface area contributed by atoms with Crippen LogP contribution in [-0.4, -0.2) is 11.4 Å². The van der Waals surface area contributed by atoms with Crippen molar-refractivity contribution in [3.63, 3.8) is 0 Å². The molecular weight excluding hydrogens is 152 g/mol. The fraction of sp³-hybridized carbons (Fsp3) is 0.500. The van der Waals surface area contributed by atoms with Gasteiger partial charge in [0, 0.05) is 0 Å². The van der Waals surface area contributed by atoms with Gasteiger partial charge >= 0.3 is 0 Å². The van der Waals surface area contributed by atoms with Gasteiger partial charge in [0.1, 0.15) is 11.4 Å². The summed E-state index contributed by atoms with van der Waals surface area (Å²) < 4.78 is 5.52. The van der Waals surface area contributed by atoms with E-state index in [1.807, 2.05) is 32.9 Å². The predicted molar refractivity (Wildman–Crippen MR) is 47.7 cm³/mol. The van der Waals surface area contributed by atoms with Crippen molar-refractivity contribution in [3.8, 4) is 0 Å². The van der Waals surface area contributed by atoms with Crippen LogP contribution < -0.4 is 0 Å². The van der Waals surface area contributed by atoms with Gasteiger partial charge < -0.3 is 4.74 Å². The van der Waals surface area contributed by atoms with Crippen molar-refractivity contribution >= 4 is 5.78 Å². The van der Waals surface area contributed by atoms with E-state index in [2.05, 4.69) is 0 Å². The average molecular weight is 166 g/mol. The molecule has 0 fully saturated rings. The van der Waals surface area contributed by atoms with Gasteiger partial charge in [-0.3, -0.25) is 4.79 Å². The number of hydrogen-bond acceptors (Lipinski definition) is 2. The summed E-state index contributed by atoms with van der Waals surface area (Å²) in [7, 11) is 0. The Kier molecular flexibility index (Phi) is 2.09. The van der Waals surface area contributed by atoms with E-state index in [1.54, 1.807) is 6.92 Å². The normalized spacial score (nSPS) is 20.7. The summed E-state index contributed by atoms with van der Waals surface area (Å²) in [5.74, 6) is 0.772. The zero-order valence-corrected chi connectivity index (χ0v) is 7.97. The number of rotatable bonds is 1. The predicted octanol–water partition coefficient (Wildman–Crippen LogP) is 2.21. The van der Waals surface area contributed by atoms with Gasteiger partial charge in [0.05, 0.1) is 5.57 Å². The van der Waals surface area contributed by atoms with E-state index in [4.69, 9.17) is 4.74 Å². The van der Waals surface area contributed by atoms with Crippen molar-refractivity contribution in [3.05, 3.63) is 23.5 Å². The molecule has 0 saturated heterocycles. The highest BCUT2D eigenvalue weighted by Gasteiger charge is 2.22. The zero-order chi connectivity index (χ0) is 9.35. The Morgan fingerprint density at radius 2 is 2.08 bits per heavy atom. The van der Waals surface area contributed by atoms with Crippen LogP contribution in [0.4, 0.5) is 0 Å². The number of carbonyl (C=O) groups is 1. The lowest BCUT2D eigenvalue weighted by molar-refractivity contribution is -0.113. The molecule has 0 spiro atoms. The van der Waals surface area contributed by atoms with Crippen molar-refractivity contribution in [2.24, 2.45) is 0 Å². The summed E-state index contributed by atoms with van der Waals surface area (Å²) in [5.41, 5.74) is 0.401. The molecule has 0 saturated carbocycles. The summed E-state index contributed by atoms with van der Waals surface area (Å²) >= 11 is 0. The third kappa shape index (κ3) is 1.76. The van der Waals surface area contributed by atoms with Crippen molar-refractivity contribution in [1.82, 2.24) is 0 Å². The molecule has 0 aromatic heterocycles. The molecule has 1 rings (SSSR count). The van der Waals surface area contributed by atoms with E-state index >= 15 is 0 Å². The maximum absolute atomic E-state index is 11.0. The highest BCUT2D eigenvalue weighted by molar-refractivity contribution is 5.96. The Morgan fingerprint density at radius 1 is 1.50 bits per heavy atom. The van der Waals surface area contributed by atoms with Crippen LogP contribution in [0.3, 0.4) is 0 Å². The molecule has 0 atom stereocenters. The molecule has 0 radical (unpaired) electrons. The van der Waals surface area contributed by atoms with Crippen molar-refractivity contribution < 1.29 is 9.53 Å². The van der Waals surface area contributed by atoms with Gasteiger partial charge in [-0.2, -0.15) is 0 Å². The quantitative estimate of drug-likeness (QED) is 0.597. The molecule has 2 heteroatoms. The molecule has 1 heterocycles. The van der Waals surface area contributed by atoms with Gasteiger partial charge in [0.25, 0.3) is 0 Å². The first-order valence-corrected chi connectivity index (χ1v) is 4.02. The van der Waals surface area contributed by atoms with Crippen LogP contribution in [0.5, 0.6) is 0 Å². The van der Waals surface area contributed by atoms with Gasteiger partial charge in [-0.15, -0.1) is 0 Å². The summed E-state index contributed by atoms with van der Waals surface area (Å²) in [6, 6.07) is 0. The molecule has 12 heavy (non-hydrogen) atoms. The summed E-state index contributed by atoms with van der Waals surface area (Å²) in [6.45, 7) is 7.29. The first kappa shape index (κ1) is 9.04. The molecule has 1 aliphatic heterocycles. The van der Waals surface area contributed by atoms with E-state index in [9.17, 15) is 4.79 Å². The first-order chi connectivity index (χ1) is 5.42. The number of allylic oxidation sites excluding steroid dienone is 3. The Labute approximate surface area is 72.9 Å². The fourth-order valence-electron chi connectivity index (χ4n) is 1.25. The van der Waals surface area contributed by atoms with Gasteiger partial charge in [0.15, 0.2) is 5.78 Å². The molecule has 0 bridgehead atoms. The molecule has 0 amide bonds. The molecule has 0 aliphatic carbocycles. The summed E-state index contributed by atoms with van der Waals surface area (Å²) in [4.78, 5) is 11.0. The smallest absolute Gasteiger partial charge is 0.163 e. The minimum Gasteiger partial charge on any atom is -0.488 e. The highest BCUT2D eigenvalue weighted by atomic mass is 16.5. The van der Waals surface area contributed by atoms with E-state index in [0.29, 0.717) is 5.57 Å². The van der Waals surface area contributed by atoms with Gasteiger partial charge in [-0.05, 0) is 39.8 Å². The lowest BCUT2D eigenvalue weighted by Gasteiger charge is -2.27. The van der Waals surface area contributed by atoms with Gasteiger partial charge in [-0.1, -0.05) is 0 Å². The zero-order valence-electron chi connectivity index (χ0n) is 7.97. The van der Waals surface area contributed by atoms with Crippen LogP contribution in [0, 0.1) is 0 Å². The summed E-state index contributed by atoms with van der Waals surface area (Å²) in [5, 5.41) is 0. The van der Waals surface area contributed by atoms with Crippen LogP contribution in [0.15, 0.2) is 23.5 Å². The second-order valence-corrected chi connectivity index (χ2v) is 3.56. The molecular formula is C10H14O2. The Morgan fingerprint density at radius 3 is 2.50 bits per heavy atom. The van der Waals surface area contributed by atoms with Crippen LogP contribution in [-0.2, 0) is 9.53 Å². The SMILES string of the molecule is CC(=O)C1=C(C)OC(C)(C)C=C1. The Hall–Kier alpha value is -1.05. The second-order valence-electron chi connectivity index (χ2n) is 3.56. The maximum atomic E-state index is 11.0. The van der Waals surface area contributed by atoms with Crippen molar-refractivity contribution in [2.75, 3.05) is 0 Å². The number of ketones is 1. The van der Waals surface area contributed by atoms with E-state index in [1.165, 1.54) is 0 Å². The third-order valence-corrected chi connectivity index (χ3v) is 1.83. The monoisotopic (exact) mass is 166 g/mol. The third-order valence-electron chi connectivity index (χ3n) is 1.83. The molecule has 66 valence electrons. The first-order valence-electron chi connectivity index (χ1n) is 4.02. The van der Waals surface area contributed by atoms with Crippen LogP contribution >= 0.6 is 0 Å². The van der Waals surface area contributed by atoms with Crippen LogP contribution in [0.1, 0.15) is 27.7 Å². The largest absolute Gasteiger partial charge is 0.488 e.